The van der Waals surface area contributed by atoms with Gasteiger partial charge in [-0.05, 0) is 25.5 Å². The fourth-order valence-electron chi connectivity index (χ4n) is 1.90. The average Bonchev–Trinajstić information content (AvgIpc) is 2.37. The van der Waals surface area contributed by atoms with Crippen LogP contribution in [0.2, 0.25) is 0 Å². The Morgan fingerprint density at radius 2 is 1.85 bits per heavy atom. The number of halogens is 2. The Morgan fingerprint density at radius 3 is 2.30 bits per heavy atom. The molecule has 1 amide bonds. The summed E-state index contributed by atoms with van der Waals surface area (Å²) in [7, 11) is 0. The molecular formula is C14H17F2NO3. The van der Waals surface area contributed by atoms with Crippen molar-refractivity contribution in [2.75, 3.05) is 0 Å². The number of aliphatic carboxylic acids is 1. The molecule has 0 spiro atoms. The van der Waals surface area contributed by atoms with Crippen LogP contribution in [-0.4, -0.2) is 23.0 Å². The second-order valence-electron chi connectivity index (χ2n) is 4.55. The van der Waals surface area contributed by atoms with Crippen LogP contribution in [0.3, 0.4) is 0 Å². The van der Waals surface area contributed by atoms with Gasteiger partial charge < -0.3 is 10.4 Å². The van der Waals surface area contributed by atoms with E-state index < -0.39 is 35.5 Å². The summed E-state index contributed by atoms with van der Waals surface area (Å²) in [6.45, 7) is 3.11. The van der Waals surface area contributed by atoms with Crippen LogP contribution >= 0.6 is 0 Å². The van der Waals surface area contributed by atoms with Crippen molar-refractivity contribution in [3.8, 4) is 0 Å². The summed E-state index contributed by atoms with van der Waals surface area (Å²) in [4.78, 5) is 22.9. The molecule has 0 aromatic heterocycles. The van der Waals surface area contributed by atoms with Gasteiger partial charge in [-0.15, -0.1) is 0 Å². The number of nitrogens with one attached hydrogen (secondary N) is 1. The number of carbonyl (C=O) groups is 2. The van der Waals surface area contributed by atoms with Gasteiger partial charge in [0.2, 0.25) is 5.91 Å². The van der Waals surface area contributed by atoms with Gasteiger partial charge in [-0.1, -0.05) is 19.4 Å². The molecule has 0 aliphatic heterocycles. The topological polar surface area (TPSA) is 66.4 Å². The van der Waals surface area contributed by atoms with Crippen molar-refractivity contribution in [1.29, 1.82) is 0 Å². The lowest BCUT2D eigenvalue weighted by Crippen LogP contribution is -2.42. The third-order valence-corrected chi connectivity index (χ3v) is 3.02. The number of benzene rings is 1. The second kappa shape index (κ2) is 6.98. The molecule has 1 rings (SSSR count). The Bertz CT molecular complexity index is 485. The molecule has 2 atom stereocenters. The van der Waals surface area contributed by atoms with Crippen LogP contribution in [0.4, 0.5) is 8.78 Å². The minimum Gasteiger partial charge on any atom is -0.480 e. The molecule has 4 nitrogen and oxygen atoms in total. The van der Waals surface area contributed by atoms with E-state index in [2.05, 4.69) is 5.32 Å². The van der Waals surface area contributed by atoms with E-state index in [1.807, 2.05) is 0 Å². The number of hydrogen-bond acceptors (Lipinski definition) is 2. The minimum absolute atomic E-state index is 0.257. The Kier molecular flexibility index (Phi) is 5.61. The first-order valence-electron chi connectivity index (χ1n) is 6.35. The fourth-order valence-corrected chi connectivity index (χ4v) is 1.90. The van der Waals surface area contributed by atoms with Gasteiger partial charge in [0, 0.05) is 5.56 Å². The number of rotatable bonds is 6. The summed E-state index contributed by atoms with van der Waals surface area (Å²) in [5.41, 5.74) is -0.356. The lowest BCUT2D eigenvalue weighted by atomic mass is 9.98. The lowest BCUT2D eigenvalue weighted by Gasteiger charge is -2.18. The van der Waals surface area contributed by atoms with Crippen LogP contribution in [0, 0.1) is 11.6 Å². The molecule has 0 saturated heterocycles. The van der Waals surface area contributed by atoms with Crippen LogP contribution in [-0.2, 0) is 9.59 Å². The van der Waals surface area contributed by atoms with E-state index in [9.17, 15) is 18.4 Å². The molecule has 0 fully saturated rings. The van der Waals surface area contributed by atoms with E-state index in [1.54, 1.807) is 6.92 Å². The van der Waals surface area contributed by atoms with Crippen LogP contribution in [0.15, 0.2) is 18.2 Å². The standard InChI is InChI=1S/C14H17F2NO3/c1-3-5-11(14(19)20)17-13(18)8(2)12-9(15)6-4-7-10(12)16/h4,6-8,11H,3,5H2,1-2H3,(H,17,18)(H,19,20). The van der Waals surface area contributed by atoms with Gasteiger partial charge in [0.25, 0.3) is 0 Å². The first-order chi connectivity index (χ1) is 9.38. The van der Waals surface area contributed by atoms with E-state index >= 15 is 0 Å². The van der Waals surface area contributed by atoms with E-state index in [1.165, 1.54) is 13.0 Å². The second-order valence-corrected chi connectivity index (χ2v) is 4.55. The van der Waals surface area contributed by atoms with Crippen molar-refractivity contribution in [3.05, 3.63) is 35.4 Å². The van der Waals surface area contributed by atoms with Crippen molar-refractivity contribution in [2.45, 2.75) is 38.6 Å². The molecule has 0 aliphatic rings. The van der Waals surface area contributed by atoms with E-state index in [-0.39, 0.29) is 12.0 Å². The van der Waals surface area contributed by atoms with E-state index in [4.69, 9.17) is 5.11 Å². The molecule has 2 unspecified atom stereocenters. The quantitative estimate of drug-likeness (QED) is 0.843. The maximum atomic E-state index is 13.6. The smallest absolute Gasteiger partial charge is 0.326 e. The van der Waals surface area contributed by atoms with Crippen molar-refractivity contribution < 1.29 is 23.5 Å². The number of amides is 1. The summed E-state index contributed by atoms with van der Waals surface area (Å²) in [5.74, 6) is -4.63. The zero-order chi connectivity index (χ0) is 15.3. The minimum atomic E-state index is -1.17. The molecule has 6 heteroatoms. The van der Waals surface area contributed by atoms with Gasteiger partial charge in [-0.3, -0.25) is 4.79 Å². The zero-order valence-corrected chi connectivity index (χ0v) is 11.3. The summed E-state index contributed by atoms with van der Waals surface area (Å²) >= 11 is 0. The Morgan fingerprint density at radius 1 is 1.30 bits per heavy atom. The first-order valence-corrected chi connectivity index (χ1v) is 6.35. The predicted molar refractivity (Wildman–Crippen MR) is 69.2 cm³/mol. The molecule has 0 heterocycles. The van der Waals surface area contributed by atoms with Crippen molar-refractivity contribution >= 4 is 11.9 Å². The normalized spacial score (nSPS) is 13.6. The molecule has 0 bridgehead atoms. The van der Waals surface area contributed by atoms with Crippen LogP contribution in [0.5, 0.6) is 0 Å². The third-order valence-electron chi connectivity index (χ3n) is 3.02. The summed E-state index contributed by atoms with van der Waals surface area (Å²) in [6, 6.07) is 2.27. The van der Waals surface area contributed by atoms with Gasteiger partial charge in [0.15, 0.2) is 0 Å². The molecule has 2 N–H and O–H groups in total. The predicted octanol–water partition coefficient (Wildman–Crippen LogP) is 2.44. The third kappa shape index (κ3) is 3.76. The highest BCUT2D eigenvalue weighted by Gasteiger charge is 2.26. The highest BCUT2D eigenvalue weighted by Crippen LogP contribution is 2.22. The molecule has 1 aromatic rings. The van der Waals surface area contributed by atoms with Crippen molar-refractivity contribution in [1.82, 2.24) is 5.32 Å². The molecular weight excluding hydrogens is 268 g/mol. The van der Waals surface area contributed by atoms with Crippen LogP contribution in [0.1, 0.15) is 38.2 Å². The SMILES string of the molecule is CCCC(NC(=O)C(C)c1c(F)cccc1F)C(=O)O. The maximum absolute atomic E-state index is 13.6. The van der Waals surface area contributed by atoms with Crippen molar-refractivity contribution in [2.24, 2.45) is 0 Å². The average molecular weight is 285 g/mol. The highest BCUT2D eigenvalue weighted by atomic mass is 19.1. The fraction of sp³-hybridized carbons (Fsp3) is 0.429. The molecule has 0 aliphatic carbocycles. The molecule has 1 aromatic carbocycles. The summed E-state index contributed by atoms with van der Waals surface area (Å²) < 4.78 is 27.1. The largest absolute Gasteiger partial charge is 0.480 e. The van der Waals surface area contributed by atoms with Crippen LogP contribution < -0.4 is 5.32 Å². The number of carboxylic acids is 1. The first kappa shape index (κ1) is 16.1. The summed E-state index contributed by atoms with van der Waals surface area (Å²) in [5, 5.41) is 11.3. The Hall–Kier alpha value is -1.98. The molecule has 0 saturated carbocycles. The van der Waals surface area contributed by atoms with Gasteiger partial charge in [-0.2, -0.15) is 0 Å². The highest BCUT2D eigenvalue weighted by molar-refractivity contribution is 5.87. The Balaban J connectivity index is 2.89. The number of hydrogen-bond donors (Lipinski definition) is 2. The maximum Gasteiger partial charge on any atom is 0.326 e. The Labute approximate surface area is 115 Å². The molecule has 110 valence electrons. The lowest BCUT2D eigenvalue weighted by molar-refractivity contribution is -0.142. The molecule has 0 radical (unpaired) electrons. The monoisotopic (exact) mass is 285 g/mol. The number of carboxylic acid groups (broad SMARTS) is 1. The van der Waals surface area contributed by atoms with E-state index in [0.717, 1.165) is 12.1 Å². The van der Waals surface area contributed by atoms with E-state index in [0.29, 0.717) is 6.42 Å². The van der Waals surface area contributed by atoms with Gasteiger partial charge >= 0.3 is 5.97 Å². The van der Waals surface area contributed by atoms with Gasteiger partial charge in [0.05, 0.1) is 5.92 Å². The van der Waals surface area contributed by atoms with Crippen LogP contribution in [0.25, 0.3) is 0 Å². The number of carbonyl (C=O) groups excluding carboxylic acids is 1. The zero-order valence-electron chi connectivity index (χ0n) is 11.3. The molecule has 20 heavy (non-hydrogen) atoms. The summed E-state index contributed by atoms with van der Waals surface area (Å²) in [6.07, 6.45) is 0.827. The van der Waals surface area contributed by atoms with Gasteiger partial charge in [0.1, 0.15) is 17.7 Å². The van der Waals surface area contributed by atoms with Gasteiger partial charge in [-0.25, -0.2) is 13.6 Å². The van der Waals surface area contributed by atoms with Crippen molar-refractivity contribution in [3.63, 3.8) is 0 Å².